The molecule has 0 saturated carbocycles. The second-order valence-corrected chi connectivity index (χ2v) is 4.00. The Morgan fingerprint density at radius 1 is 1.67 bits per heavy atom. The maximum absolute atomic E-state index is 11.2. The highest BCUT2D eigenvalue weighted by molar-refractivity contribution is 9.11. The molecule has 2 unspecified atom stereocenters. The van der Waals surface area contributed by atoms with E-state index in [1.807, 2.05) is 6.92 Å². The van der Waals surface area contributed by atoms with Crippen LogP contribution in [0.15, 0.2) is 11.1 Å². The molecule has 0 aliphatic carbocycles. The molecule has 0 radical (unpaired) electrons. The van der Waals surface area contributed by atoms with Gasteiger partial charge < -0.3 is 11.1 Å². The highest BCUT2D eigenvalue weighted by Crippen LogP contribution is 2.01. The fourth-order valence-electron chi connectivity index (χ4n) is 0.583. The zero-order chi connectivity index (χ0) is 9.72. The van der Waals surface area contributed by atoms with E-state index in [9.17, 15) is 4.79 Å². The van der Waals surface area contributed by atoms with Crippen molar-refractivity contribution in [2.45, 2.75) is 19.9 Å². The quantitative estimate of drug-likeness (QED) is 0.763. The molecule has 0 fully saturated rings. The highest BCUT2D eigenvalue weighted by atomic mass is 79.9. The number of nitrogens with one attached hydrogen (secondary N) is 1. The third-order valence-electron chi connectivity index (χ3n) is 1.66. The van der Waals surface area contributed by atoms with Gasteiger partial charge in [-0.25, -0.2) is 0 Å². The number of hydrogen-bond acceptors (Lipinski definition) is 2. The molecular weight excluding hydrogens is 220 g/mol. The Balaban J connectivity index is 3.80. The topological polar surface area (TPSA) is 55.1 Å². The number of rotatable bonds is 4. The maximum atomic E-state index is 11.2. The van der Waals surface area contributed by atoms with Crippen LogP contribution in [0.25, 0.3) is 0 Å². The van der Waals surface area contributed by atoms with Crippen LogP contribution in [-0.4, -0.2) is 18.5 Å². The predicted molar refractivity (Wildman–Crippen MR) is 53.9 cm³/mol. The van der Waals surface area contributed by atoms with Crippen molar-refractivity contribution in [1.29, 1.82) is 0 Å². The Hall–Kier alpha value is -0.350. The average Bonchev–Trinajstić information content (AvgIpc) is 1.98. The lowest BCUT2D eigenvalue weighted by Gasteiger charge is -2.14. The van der Waals surface area contributed by atoms with Crippen LogP contribution in [0.3, 0.4) is 0 Å². The van der Waals surface area contributed by atoms with E-state index in [-0.39, 0.29) is 17.9 Å². The van der Waals surface area contributed by atoms with Crippen LogP contribution >= 0.6 is 15.9 Å². The Labute approximate surface area is 81.5 Å². The zero-order valence-corrected chi connectivity index (χ0v) is 9.02. The lowest BCUT2D eigenvalue weighted by Crippen LogP contribution is -2.38. The summed E-state index contributed by atoms with van der Waals surface area (Å²) in [6.45, 7) is 7.67. The molecule has 70 valence electrons. The third-order valence-corrected chi connectivity index (χ3v) is 1.94. The van der Waals surface area contributed by atoms with Gasteiger partial charge in [-0.2, -0.15) is 0 Å². The van der Waals surface area contributed by atoms with Crippen molar-refractivity contribution in [3.8, 4) is 0 Å². The normalized spacial score (nSPS) is 15.0. The summed E-state index contributed by atoms with van der Waals surface area (Å²) in [4.78, 5) is 11.2. The summed E-state index contributed by atoms with van der Waals surface area (Å²) in [5.41, 5.74) is 5.55. The van der Waals surface area contributed by atoms with Crippen molar-refractivity contribution in [3.05, 3.63) is 11.1 Å². The van der Waals surface area contributed by atoms with E-state index in [2.05, 4.69) is 27.8 Å². The molecule has 0 saturated heterocycles. The minimum Gasteiger partial charge on any atom is -0.351 e. The molecule has 0 spiro atoms. The Bertz CT molecular complexity index is 180. The molecule has 0 aliphatic heterocycles. The van der Waals surface area contributed by atoms with E-state index < -0.39 is 0 Å². The molecule has 1 amide bonds. The van der Waals surface area contributed by atoms with Crippen LogP contribution in [-0.2, 0) is 4.79 Å². The van der Waals surface area contributed by atoms with E-state index in [4.69, 9.17) is 5.73 Å². The van der Waals surface area contributed by atoms with E-state index in [1.165, 1.54) is 0 Å². The first-order chi connectivity index (χ1) is 5.45. The van der Waals surface area contributed by atoms with Crippen LogP contribution in [0.4, 0.5) is 0 Å². The highest BCUT2D eigenvalue weighted by Gasteiger charge is 2.15. The average molecular weight is 235 g/mol. The van der Waals surface area contributed by atoms with Crippen molar-refractivity contribution < 1.29 is 4.79 Å². The van der Waals surface area contributed by atoms with Gasteiger partial charge in [0.2, 0.25) is 5.91 Å². The Morgan fingerprint density at radius 2 is 2.17 bits per heavy atom. The van der Waals surface area contributed by atoms with Gasteiger partial charge in [-0.05, 0) is 6.92 Å². The van der Waals surface area contributed by atoms with Crippen molar-refractivity contribution in [2.24, 2.45) is 11.7 Å². The number of nitrogens with two attached hydrogens (primary N) is 1. The SMILES string of the molecule is C=C(Br)CNC(=O)C(C)C(C)N. The van der Waals surface area contributed by atoms with Gasteiger partial charge in [0, 0.05) is 23.0 Å². The first-order valence-electron chi connectivity index (χ1n) is 3.81. The van der Waals surface area contributed by atoms with Crippen LogP contribution in [0.2, 0.25) is 0 Å². The van der Waals surface area contributed by atoms with Crippen LogP contribution in [0, 0.1) is 5.92 Å². The van der Waals surface area contributed by atoms with Gasteiger partial charge in [0.25, 0.3) is 0 Å². The van der Waals surface area contributed by atoms with E-state index in [0.717, 1.165) is 4.48 Å². The number of hydrogen-bond donors (Lipinski definition) is 2. The Kier molecular flexibility index (Phi) is 5.17. The van der Waals surface area contributed by atoms with Crippen molar-refractivity contribution >= 4 is 21.8 Å². The lowest BCUT2D eigenvalue weighted by atomic mass is 10.0. The van der Waals surface area contributed by atoms with Gasteiger partial charge in [0.05, 0.1) is 0 Å². The summed E-state index contributed by atoms with van der Waals surface area (Å²) in [5.74, 6) is -0.192. The van der Waals surface area contributed by atoms with Crippen LogP contribution in [0.5, 0.6) is 0 Å². The first kappa shape index (κ1) is 11.6. The minimum absolute atomic E-state index is 0.0365. The molecule has 3 nitrogen and oxygen atoms in total. The molecule has 0 aromatic rings. The second-order valence-electron chi connectivity index (χ2n) is 2.88. The summed E-state index contributed by atoms with van der Waals surface area (Å²) in [7, 11) is 0. The van der Waals surface area contributed by atoms with Crippen molar-refractivity contribution in [1.82, 2.24) is 5.32 Å². The van der Waals surface area contributed by atoms with Gasteiger partial charge in [0.15, 0.2) is 0 Å². The second kappa shape index (κ2) is 5.32. The summed E-state index contributed by atoms with van der Waals surface area (Å²) in [5, 5.41) is 2.70. The lowest BCUT2D eigenvalue weighted by molar-refractivity contribution is -0.124. The molecular formula is C8H15BrN2O. The first-order valence-corrected chi connectivity index (χ1v) is 4.61. The third kappa shape index (κ3) is 4.51. The predicted octanol–water partition coefficient (Wildman–Crippen LogP) is 0.994. The molecule has 0 rings (SSSR count). The standard InChI is InChI=1S/C8H15BrN2O/c1-5(9)4-11-8(12)6(2)7(3)10/h6-7H,1,4,10H2,2-3H3,(H,11,12). The molecule has 0 aliphatic rings. The minimum atomic E-state index is -0.156. The fraction of sp³-hybridized carbons (Fsp3) is 0.625. The maximum Gasteiger partial charge on any atom is 0.224 e. The molecule has 0 bridgehead atoms. The molecule has 12 heavy (non-hydrogen) atoms. The summed E-state index contributed by atoms with van der Waals surface area (Å²) < 4.78 is 0.757. The largest absolute Gasteiger partial charge is 0.351 e. The number of amides is 1. The summed E-state index contributed by atoms with van der Waals surface area (Å²) in [6.07, 6.45) is 0. The van der Waals surface area contributed by atoms with Gasteiger partial charge in [0.1, 0.15) is 0 Å². The van der Waals surface area contributed by atoms with Gasteiger partial charge in [-0.15, -0.1) is 0 Å². The molecule has 0 heterocycles. The molecule has 0 aromatic heterocycles. The van der Waals surface area contributed by atoms with Crippen molar-refractivity contribution in [2.75, 3.05) is 6.54 Å². The smallest absolute Gasteiger partial charge is 0.224 e. The van der Waals surface area contributed by atoms with Crippen LogP contribution in [0.1, 0.15) is 13.8 Å². The number of halogens is 1. The van der Waals surface area contributed by atoms with Gasteiger partial charge in [-0.1, -0.05) is 29.4 Å². The van der Waals surface area contributed by atoms with Crippen molar-refractivity contribution in [3.63, 3.8) is 0 Å². The molecule has 0 aromatic carbocycles. The van der Waals surface area contributed by atoms with E-state index >= 15 is 0 Å². The molecule has 3 N–H and O–H groups in total. The summed E-state index contributed by atoms with van der Waals surface area (Å²) in [6, 6.07) is -0.117. The fourth-order valence-corrected chi connectivity index (χ4v) is 0.723. The number of carbonyl (C=O) groups excluding carboxylic acids is 1. The van der Waals surface area contributed by atoms with Crippen LogP contribution < -0.4 is 11.1 Å². The zero-order valence-electron chi connectivity index (χ0n) is 7.43. The van der Waals surface area contributed by atoms with E-state index in [0.29, 0.717) is 6.54 Å². The Morgan fingerprint density at radius 3 is 2.50 bits per heavy atom. The molecule has 4 heteroatoms. The van der Waals surface area contributed by atoms with E-state index in [1.54, 1.807) is 6.92 Å². The van der Waals surface area contributed by atoms with Gasteiger partial charge in [-0.3, -0.25) is 4.79 Å². The monoisotopic (exact) mass is 234 g/mol. The summed E-state index contributed by atoms with van der Waals surface area (Å²) >= 11 is 3.15. The van der Waals surface area contributed by atoms with Gasteiger partial charge >= 0.3 is 0 Å². The number of carbonyl (C=O) groups is 1. The molecule has 2 atom stereocenters.